The zero-order valence-electron chi connectivity index (χ0n) is 15.7. The molecule has 3 amide bonds. The van der Waals surface area contributed by atoms with Gasteiger partial charge >= 0.3 is 12.0 Å². The molecule has 31 heavy (non-hydrogen) atoms. The number of anilines is 1. The number of nitrogens with one attached hydrogen (secondary N) is 1. The Morgan fingerprint density at radius 3 is 2.23 bits per heavy atom. The SMILES string of the molecule is CCOc1ccc(C(=O)Oc2c(F)c(F)c(F)c(F)c2F)cc1N1CCC(=O)NC1=O. The smallest absolute Gasteiger partial charge is 0.343 e. The summed E-state index contributed by atoms with van der Waals surface area (Å²) < 4.78 is 77.2. The molecule has 1 aliphatic rings. The Labute approximate surface area is 171 Å². The van der Waals surface area contributed by atoms with Crippen molar-refractivity contribution in [3.8, 4) is 11.5 Å². The number of carbonyl (C=O) groups is 3. The number of ether oxygens (including phenoxy) is 2. The molecular weight excluding hydrogens is 431 g/mol. The van der Waals surface area contributed by atoms with Crippen LogP contribution in [0.2, 0.25) is 0 Å². The van der Waals surface area contributed by atoms with Crippen molar-refractivity contribution in [3.05, 3.63) is 52.8 Å². The molecule has 2 aromatic rings. The van der Waals surface area contributed by atoms with Crippen molar-refractivity contribution in [2.45, 2.75) is 13.3 Å². The van der Waals surface area contributed by atoms with E-state index in [0.717, 1.165) is 17.0 Å². The highest BCUT2D eigenvalue weighted by Gasteiger charge is 2.30. The minimum absolute atomic E-state index is 0.0266. The second-order valence-corrected chi connectivity index (χ2v) is 6.16. The summed E-state index contributed by atoms with van der Waals surface area (Å²) >= 11 is 0. The minimum Gasteiger partial charge on any atom is -0.492 e. The van der Waals surface area contributed by atoms with Gasteiger partial charge in [0.2, 0.25) is 40.7 Å². The van der Waals surface area contributed by atoms with Crippen LogP contribution in [0.1, 0.15) is 23.7 Å². The van der Waals surface area contributed by atoms with E-state index in [-0.39, 0.29) is 36.6 Å². The lowest BCUT2D eigenvalue weighted by Crippen LogP contribution is -2.49. The maximum absolute atomic E-state index is 13.8. The summed E-state index contributed by atoms with van der Waals surface area (Å²) in [6.45, 7) is 1.77. The number of imide groups is 1. The fraction of sp³-hybridized carbons (Fsp3) is 0.211. The van der Waals surface area contributed by atoms with Gasteiger partial charge in [0.1, 0.15) is 5.75 Å². The Morgan fingerprint density at radius 1 is 1.03 bits per heavy atom. The van der Waals surface area contributed by atoms with Crippen LogP contribution >= 0.6 is 0 Å². The van der Waals surface area contributed by atoms with Crippen LogP contribution in [0.4, 0.5) is 32.4 Å². The maximum atomic E-state index is 13.8. The van der Waals surface area contributed by atoms with E-state index in [9.17, 15) is 36.3 Å². The summed E-state index contributed by atoms with van der Waals surface area (Å²) in [4.78, 5) is 36.9. The van der Waals surface area contributed by atoms with Gasteiger partial charge in [-0.15, -0.1) is 0 Å². The van der Waals surface area contributed by atoms with Crippen molar-refractivity contribution in [2.75, 3.05) is 18.1 Å². The lowest BCUT2D eigenvalue weighted by Gasteiger charge is -2.28. The predicted molar refractivity (Wildman–Crippen MR) is 94.3 cm³/mol. The van der Waals surface area contributed by atoms with Crippen molar-refractivity contribution in [1.29, 1.82) is 0 Å². The van der Waals surface area contributed by atoms with E-state index in [2.05, 4.69) is 10.1 Å². The first-order valence-electron chi connectivity index (χ1n) is 8.77. The summed E-state index contributed by atoms with van der Waals surface area (Å²) in [5.74, 6) is -15.2. The highest BCUT2D eigenvalue weighted by atomic mass is 19.2. The lowest BCUT2D eigenvalue weighted by molar-refractivity contribution is -0.120. The maximum Gasteiger partial charge on any atom is 0.343 e. The van der Waals surface area contributed by atoms with Crippen LogP contribution in [0.3, 0.4) is 0 Å². The van der Waals surface area contributed by atoms with Crippen LogP contribution in [0, 0.1) is 29.1 Å². The Balaban J connectivity index is 1.98. The number of urea groups is 1. The third-order valence-electron chi connectivity index (χ3n) is 4.20. The van der Waals surface area contributed by atoms with Crippen LogP contribution in [-0.2, 0) is 4.79 Å². The van der Waals surface area contributed by atoms with Gasteiger partial charge in [0.05, 0.1) is 17.9 Å². The molecule has 0 aromatic heterocycles. The van der Waals surface area contributed by atoms with E-state index < -0.39 is 52.7 Å². The molecular formula is C19H13F5N2O5. The van der Waals surface area contributed by atoms with Gasteiger partial charge in [-0.3, -0.25) is 15.0 Å². The van der Waals surface area contributed by atoms with E-state index in [4.69, 9.17) is 4.74 Å². The van der Waals surface area contributed by atoms with E-state index in [0.29, 0.717) is 0 Å². The summed E-state index contributed by atoms with van der Waals surface area (Å²) in [6, 6.07) is 2.62. The van der Waals surface area contributed by atoms with E-state index in [1.54, 1.807) is 6.92 Å². The zero-order valence-corrected chi connectivity index (χ0v) is 15.7. The van der Waals surface area contributed by atoms with Gasteiger partial charge in [-0.05, 0) is 25.1 Å². The summed E-state index contributed by atoms with van der Waals surface area (Å²) in [6.07, 6.45) is -0.0451. The molecule has 0 aliphatic carbocycles. The summed E-state index contributed by atoms with van der Waals surface area (Å²) in [5, 5.41) is 2.08. The molecule has 1 heterocycles. The molecule has 1 aliphatic heterocycles. The Morgan fingerprint density at radius 2 is 1.65 bits per heavy atom. The number of carbonyl (C=O) groups excluding carboxylic acids is 3. The van der Waals surface area contributed by atoms with Crippen molar-refractivity contribution < 1.29 is 45.8 Å². The number of hydrogen-bond acceptors (Lipinski definition) is 5. The Kier molecular flexibility index (Phi) is 6.09. The number of hydrogen-bond donors (Lipinski definition) is 1. The van der Waals surface area contributed by atoms with Gasteiger partial charge in [0.25, 0.3) is 0 Å². The highest BCUT2D eigenvalue weighted by Crippen LogP contribution is 2.33. The molecule has 3 rings (SSSR count). The summed E-state index contributed by atoms with van der Waals surface area (Å²) in [5.41, 5.74) is -0.356. The Hall–Kier alpha value is -3.70. The van der Waals surface area contributed by atoms with Crippen molar-refractivity contribution >= 4 is 23.6 Å². The molecule has 7 nitrogen and oxygen atoms in total. The molecule has 0 radical (unpaired) electrons. The lowest BCUT2D eigenvalue weighted by atomic mass is 10.1. The number of benzene rings is 2. The van der Waals surface area contributed by atoms with Gasteiger partial charge < -0.3 is 9.47 Å². The highest BCUT2D eigenvalue weighted by molar-refractivity contribution is 6.07. The van der Waals surface area contributed by atoms with Gasteiger partial charge in [-0.1, -0.05) is 0 Å². The molecule has 0 saturated carbocycles. The molecule has 12 heteroatoms. The average molecular weight is 444 g/mol. The second-order valence-electron chi connectivity index (χ2n) is 6.16. The number of nitrogens with zero attached hydrogens (tertiary/aromatic N) is 1. The first kappa shape index (κ1) is 22.0. The number of amides is 3. The molecule has 2 aromatic carbocycles. The molecule has 1 N–H and O–H groups in total. The third-order valence-corrected chi connectivity index (χ3v) is 4.20. The monoisotopic (exact) mass is 444 g/mol. The zero-order chi connectivity index (χ0) is 22.9. The number of halogens is 5. The fourth-order valence-electron chi connectivity index (χ4n) is 2.75. The average Bonchev–Trinajstić information content (AvgIpc) is 2.74. The first-order valence-corrected chi connectivity index (χ1v) is 8.77. The van der Waals surface area contributed by atoms with Crippen molar-refractivity contribution in [1.82, 2.24) is 5.32 Å². The predicted octanol–water partition coefficient (Wildman–Crippen LogP) is 3.45. The van der Waals surface area contributed by atoms with Gasteiger partial charge in [0, 0.05) is 13.0 Å². The summed E-state index contributed by atoms with van der Waals surface area (Å²) in [7, 11) is 0. The number of esters is 1. The molecule has 0 unspecified atom stereocenters. The van der Waals surface area contributed by atoms with Gasteiger partial charge in [-0.25, -0.2) is 22.8 Å². The van der Waals surface area contributed by atoms with Gasteiger partial charge in [-0.2, -0.15) is 8.78 Å². The van der Waals surface area contributed by atoms with Crippen LogP contribution in [-0.4, -0.2) is 31.1 Å². The van der Waals surface area contributed by atoms with E-state index in [1.807, 2.05) is 0 Å². The number of rotatable bonds is 5. The molecule has 164 valence electrons. The van der Waals surface area contributed by atoms with E-state index in [1.165, 1.54) is 6.07 Å². The molecule has 0 bridgehead atoms. The topological polar surface area (TPSA) is 84.9 Å². The van der Waals surface area contributed by atoms with Crippen LogP contribution in [0.25, 0.3) is 0 Å². The van der Waals surface area contributed by atoms with Crippen LogP contribution < -0.4 is 19.7 Å². The first-order chi connectivity index (χ1) is 14.6. The quantitative estimate of drug-likeness (QED) is 0.251. The molecule has 0 atom stereocenters. The fourth-order valence-corrected chi connectivity index (χ4v) is 2.75. The van der Waals surface area contributed by atoms with E-state index >= 15 is 0 Å². The largest absolute Gasteiger partial charge is 0.492 e. The standard InChI is InChI=1S/C19H13F5N2O5/c1-2-30-10-4-3-8(7-9(10)26-6-5-11(27)25-19(26)29)18(28)31-17-15(23)13(21)12(20)14(22)16(17)24/h3-4,7H,2,5-6H2,1H3,(H,25,27,29). The van der Waals surface area contributed by atoms with Crippen LogP contribution in [0.15, 0.2) is 18.2 Å². The van der Waals surface area contributed by atoms with Gasteiger partial charge in [0.15, 0.2) is 0 Å². The van der Waals surface area contributed by atoms with Crippen molar-refractivity contribution in [2.24, 2.45) is 0 Å². The molecule has 0 spiro atoms. The normalized spacial score (nSPS) is 13.8. The Bertz CT molecular complexity index is 1060. The molecule has 1 fully saturated rings. The molecule has 1 saturated heterocycles. The van der Waals surface area contributed by atoms with Crippen LogP contribution in [0.5, 0.6) is 11.5 Å². The third kappa shape index (κ3) is 4.13. The second kappa shape index (κ2) is 8.58. The minimum atomic E-state index is -2.40. The van der Waals surface area contributed by atoms with Crippen molar-refractivity contribution in [3.63, 3.8) is 0 Å².